The zero-order valence-electron chi connectivity index (χ0n) is 13.2. The Labute approximate surface area is 142 Å². The number of unbranched alkanes of at least 4 members (excludes halogenated alkanes) is 1. The van der Waals surface area contributed by atoms with E-state index in [0.29, 0.717) is 30.8 Å². The van der Waals surface area contributed by atoms with E-state index < -0.39 is 5.91 Å². The number of nitrogens with two attached hydrogens (primary N) is 1. The first kappa shape index (κ1) is 17.7. The van der Waals surface area contributed by atoms with Crippen molar-refractivity contribution in [3.63, 3.8) is 0 Å². The number of carbonyl (C=O) groups excluding carboxylic acids is 2. The van der Waals surface area contributed by atoms with Gasteiger partial charge in [-0.05, 0) is 41.4 Å². The third-order valence-corrected chi connectivity index (χ3v) is 3.07. The van der Waals surface area contributed by atoms with E-state index in [4.69, 9.17) is 15.7 Å². The van der Waals surface area contributed by atoms with Gasteiger partial charge in [-0.25, -0.2) is 4.63 Å². The van der Waals surface area contributed by atoms with E-state index in [1.807, 2.05) is 6.07 Å². The third kappa shape index (κ3) is 5.51. The number of aromatic nitrogens is 2. The molecule has 4 N–H and O–H groups in total. The fourth-order valence-corrected chi connectivity index (χ4v) is 1.83. The lowest BCUT2D eigenvalue weighted by atomic mass is 10.2. The van der Waals surface area contributed by atoms with Crippen LogP contribution in [0.25, 0.3) is 0 Å². The summed E-state index contributed by atoms with van der Waals surface area (Å²) >= 11 is 0. The number of nitrogen functional groups attached to an aromatic ring is 1. The molecule has 0 atom stereocenters. The lowest BCUT2D eigenvalue weighted by Crippen LogP contribution is -2.41. The van der Waals surface area contributed by atoms with E-state index in [9.17, 15) is 9.59 Å². The van der Waals surface area contributed by atoms with Crippen molar-refractivity contribution in [3.05, 3.63) is 35.5 Å². The molecule has 0 saturated carbocycles. The highest BCUT2D eigenvalue weighted by atomic mass is 16.6. The Kier molecular flexibility index (Phi) is 6.30. The highest BCUT2D eigenvalue weighted by Gasteiger charge is 2.16. The topological polar surface area (TPSA) is 156 Å². The van der Waals surface area contributed by atoms with E-state index in [2.05, 4.69) is 25.8 Å². The second kappa shape index (κ2) is 8.88. The number of benzene rings is 1. The summed E-state index contributed by atoms with van der Waals surface area (Å²) in [4.78, 5) is 23.2. The number of ether oxygens (including phenoxy) is 1. The monoisotopic (exact) mass is 344 g/mol. The highest BCUT2D eigenvalue weighted by Crippen LogP contribution is 2.13. The maximum absolute atomic E-state index is 11.6. The summed E-state index contributed by atoms with van der Waals surface area (Å²) in [5.41, 5.74) is 10.1. The van der Waals surface area contributed by atoms with Crippen molar-refractivity contribution < 1.29 is 19.0 Å². The molecule has 10 heteroatoms. The van der Waals surface area contributed by atoms with Crippen LogP contribution in [-0.4, -0.2) is 28.7 Å². The van der Waals surface area contributed by atoms with Gasteiger partial charge in [0.1, 0.15) is 5.75 Å². The van der Waals surface area contributed by atoms with Crippen molar-refractivity contribution in [2.75, 3.05) is 12.3 Å². The Balaban J connectivity index is 1.60. The summed E-state index contributed by atoms with van der Waals surface area (Å²) in [5, 5.41) is 15.4. The van der Waals surface area contributed by atoms with Crippen molar-refractivity contribution in [2.24, 2.45) is 0 Å². The van der Waals surface area contributed by atoms with Gasteiger partial charge in [0.15, 0.2) is 0 Å². The lowest BCUT2D eigenvalue weighted by Gasteiger charge is -2.07. The fraction of sp³-hybridized carbons (Fsp3) is 0.267. The minimum absolute atomic E-state index is 0.163. The number of nitrogens with zero attached hydrogens (tertiary/aromatic N) is 3. The quantitative estimate of drug-likeness (QED) is 0.485. The van der Waals surface area contributed by atoms with Gasteiger partial charge in [-0.3, -0.25) is 20.4 Å². The van der Waals surface area contributed by atoms with Crippen LogP contribution in [0.5, 0.6) is 5.75 Å². The zero-order valence-corrected chi connectivity index (χ0v) is 13.2. The van der Waals surface area contributed by atoms with Crippen molar-refractivity contribution in [1.82, 2.24) is 21.2 Å². The van der Waals surface area contributed by atoms with Crippen LogP contribution in [0, 0.1) is 11.3 Å². The van der Waals surface area contributed by atoms with Crippen LogP contribution in [0.3, 0.4) is 0 Å². The number of anilines is 1. The summed E-state index contributed by atoms with van der Waals surface area (Å²) in [6.07, 6.45) is 1.40. The number of amides is 2. The minimum Gasteiger partial charge on any atom is -0.494 e. The van der Waals surface area contributed by atoms with Gasteiger partial charge in [-0.15, -0.1) is 0 Å². The molecule has 0 aliphatic carbocycles. The highest BCUT2D eigenvalue weighted by molar-refractivity contribution is 5.96. The maximum atomic E-state index is 11.6. The molecule has 1 aromatic heterocycles. The Bertz CT molecular complexity index is 782. The van der Waals surface area contributed by atoms with Crippen LogP contribution in [0.4, 0.5) is 5.82 Å². The molecule has 0 unspecified atom stereocenters. The SMILES string of the molecule is N#Cc1cccc(OCCCCC(=O)NNC(=O)c2nonc2N)c1. The predicted octanol–water partition coefficient (Wildman–Crippen LogP) is 0.534. The lowest BCUT2D eigenvalue weighted by molar-refractivity contribution is -0.122. The Morgan fingerprint density at radius 2 is 2.12 bits per heavy atom. The summed E-state index contributed by atoms with van der Waals surface area (Å²) in [7, 11) is 0. The van der Waals surface area contributed by atoms with Gasteiger partial charge in [-0.2, -0.15) is 5.26 Å². The van der Waals surface area contributed by atoms with Crippen molar-refractivity contribution in [2.45, 2.75) is 19.3 Å². The molecule has 2 amide bonds. The molecule has 2 aromatic rings. The second-order valence-corrected chi connectivity index (χ2v) is 4.95. The van der Waals surface area contributed by atoms with Gasteiger partial charge in [0.2, 0.25) is 17.4 Å². The predicted molar refractivity (Wildman–Crippen MR) is 84.8 cm³/mol. The molecular formula is C15H16N6O4. The molecule has 2 rings (SSSR count). The molecule has 25 heavy (non-hydrogen) atoms. The first-order valence-electron chi connectivity index (χ1n) is 7.40. The summed E-state index contributed by atoms with van der Waals surface area (Å²) in [6, 6.07) is 8.86. The number of hydrogen-bond donors (Lipinski definition) is 3. The van der Waals surface area contributed by atoms with Crippen LogP contribution in [0.1, 0.15) is 35.3 Å². The Morgan fingerprint density at radius 3 is 2.84 bits per heavy atom. The van der Waals surface area contributed by atoms with E-state index >= 15 is 0 Å². The molecule has 0 bridgehead atoms. The van der Waals surface area contributed by atoms with Crippen LogP contribution < -0.4 is 21.3 Å². The number of hydrogen-bond acceptors (Lipinski definition) is 8. The number of hydrazine groups is 1. The van der Waals surface area contributed by atoms with Crippen molar-refractivity contribution in [1.29, 1.82) is 5.26 Å². The summed E-state index contributed by atoms with van der Waals surface area (Å²) < 4.78 is 9.78. The van der Waals surface area contributed by atoms with E-state index in [0.717, 1.165) is 0 Å². The van der Waals surface area contributed by atoms with Crippen molar-refractivity contribution >= 4 is 17.6 Å². The molecule has 0 saturated heterocycles. The van der Waals surface area contributed by atoms with Crippen LogP contribution in [0.2, 0.25) is 0 Å². The minimum atomic E-state index is -0.715. The first-order valence-corrected chi connectivity index (χ1v) is 7.40. The number of rotatable bonds is 7. The molecule has 130 valence electrons. The summed E-state index contributed by atoms with van der Waals surface area (Å²) in [6.45, 7) is 0.412. The van der Waals surface area contributed by atoms with E-state index in [1.54, 1.807) is 24.3 Å². The molecule has 0 fully saturated rings. The van der Waals surface area contributed by atoms with E-state index in [-0.39, 0.29) is 23.8 Å². The molecule has 0 radical (unpaired) electrons. The maximum Gasteiger partial charge on any atom is 0.295 e. The molecule has 0 aliphatic heterocycles. The molecule has 1 heterocycles. The average molecular weight is 344 g/mol. The van der Waals surface area contributed by atoms with Gasteiger partial charge < -0.3 is 10.5 Å². The standard InChI is InChI=1S/C15H16N6O4/c16-9-10-4-3-5-11(8-10)24-7-2-1-6-12(22)18-19-15(23)13-14(17)21-25-20-13/h3-5,8H,1-2,6-7H2,(H2,17,21)(H,18,22)(H,19,23). The van der Waals surface area contributed by atoms with Gasteiger partial charge in [-0.1, -0.05) is 6.07 Å². The summed E-state index contributed by atoms with van der Waals surface area (Å²) in [5.74, 6) is -0.637. The third-order valence-electron chi connectivity index (χ3n) is 3.07. The average Bonchev–Trinajstić information content (AvgIpc) is 3.05. The molecule has 0 spiro atoms. The number of nitriles is 1. The molecular weight excluding hydrogens is 328 g/mol. The molecule has 1 aromatic carbocycles. The Morgan fingerprint density at radius 1 is 1.28 bits per heavy atom. The van der Waals surface area contributed by atoms with Crippen molar-refractivity contribution in [3.8, 4) is 11.8 Å². The van der Waals surface area contributed by atoms with Crippen LogP contribution in [-0.2, 0) is 4.79 Å². The molecule has 10 nitrogen and oxygen atoms in total. The van der Waals surface area contributed by atoms with Gasteiger partial charge >= 0.3 is 0 Å². The van der Waals surface area contributed by atoms with Crippen LogP contribution in [0.15, 0.2) is 28.9 Å². The number of carbonyl (C=O) groups is 2. The van der Waals surface area contributed by atoms with Gasteiger partial charge in [0, 0.05) is 6.42 Å². The normalized spacial score (nSPS) is 9.88. The van der Waals surface area contributed by atoms with Gasteiger partial charge in [0.05, 0.1) is 18.2 Å². The van der Waals surface area contributed by atoms with Crippen LogP contribution >= 0.6 is 0 Å². The Hall–Kier alpha value is -3.61. The van der Waals surface area contributed by atoms with Gasteiger partial charge in [0.25, 0.3) is 5.91 Å². The first-order chi connectivity index (χ1) is 12.1. The smallest absolute Gasteiger partial charge is 0.295 e. The zero-order chi connectivity index (χ0) is 18.1. The second-order valence-electron chi connectivity index (χ2n) is 4.95. The fourth-order valence-electron chi connectivity index (χ4n) is 1.83. The molecule has 0 aliphatic rings. The van der Waals surface area contributed by atoms with E-state index in [1.165, 1.54) is 0 Å². The largest absolute Gasteiger partial charge is 0.494 e. The number of nitrogens with one attached hydrogen (secondary N) is 2.